The maximum absolute atomic E-state index is 12.6. The Morgan fingerprint density at radius 2 is 2.11 bits per heavy atom. The fourth-order valence-corrected chi connectivity index (χ4v) is 4.40. The summed E-state index contributed by atoms with van der Waals surface area (Å²) in [6.07, 6.45) is 0. The van der Waals surface area contributed by atoms with Crippen LogP contribution in [-0.2, 0) is 11.8 Å². The summed E-state index contributed by atoms with van der Waals surface area (Å²) in [5.41, 5.74) is 0.967. The van der Waals surface area contributed by atoms with Gasteiger partial charge in [-0.15, -0.1) is 21.5 Å². The Labute approximate surface area is 167 Å². The summed E-state index contributed by atoms with van der Waals surface area (Å²) in [5.74, 6) is 0.165. The van der Waals surface area contributed by atoms with Crippen LogP contribution in [0.2, 0.25) is 0 Å². The molecule has 0 aliphatic rings. The van der Waals surface area contributed by atoms with Gasteiger partial charge in [-0.1, -0.05) is 23.9 Å². The van der Waals surface area contributed by atoms with Gasteiger partial charge < -0.3 is 5.32 Å². The zero-order valence-corrected chi connectivity index (χ0v) is 16.5. The summed E-state index contributed by atoms with van der Waals surface area (Å²) in [6, 6.07) is 10.9. The first-order chi connectivity index (χ1) is 13.5. The first-order valence-corrected chi connectivity index (χ1v) is 10.0. The molecule has 0 saturated carbocycles. The summed E-state index contributed by atoms with van der Waals surface area (Å²) in [5, 5.41) is 23.0. The first kappa shape index (κ1) is 18.2. The van der Waals surface area contributed by atoms with Gasteiger partial charge in [0.15, 0.2) is 5.16 Å². The third kappa shape index (κ3) is 2.94. The molecule has 8 nitrogen and oxygen atoms in total. The second kappa shape index (κ2) is 7.10. The molecule has 3 heterocycles. The van der Waals surface area contributed by atoms with Gasteiger partial charge in [0.1, 0.15) is 11.1 Å². The minimum absolute atomic E-state index is 0.153. The number of nitrogens with one attached hydrogen (secondary N) is 1. The van der Waals surface area contributed by atoms with E-state index in [1.807, 2.05) is 12.1 Å². The van der Waals surface area contributed by atoms with Gasteiger partial charge in [-0.25, -0.2) is 0 Å². The Kier molecular flexibility index (Phi) is 4.62. The number of nitriles is 1. The Hall–Kier alpha value is -3.16. The van der Waals surface area contributed by atoms with Gasteiger partial charge in [0, 0.05) is 7.05 Å². The molecule has 3 aromatic heterocycles. The number of nitrogens with zero attached hydrogens (tertiary/aromatic N) is 5. The van der Waals surface area contributed by atoms with Crippen molar-refractivity contribution >= 4 is 50.7 Å². The van der Waals surface area contributed by atoms with Gasteiger partial charge in [-0.2, -0.15) is 5.26 Å². The van der Waals surface area contributed by atoms with Gasteiger partial charge in [-0.05, 0) is 30.5 Å². The third-order valence-electron chi connectivity index (χ3n) is 4.27. The van der Waals surface area contributed by atoms with E-state index in [2.05, 4.69) is 21.6 Å². The van der Waals surface area contributed by atoms with Crippen LogP contribution in [0.3, 0.4) is 0 Å². The highest BCUT2D eigenvalue weighted by Crippen LogP contribution is 2.27. The zero-order chi connectivity index (χ0) is 19.8. The van der Waals surface area contributed by atoms with E-state index in [4.69, 9.17) is 5.26 Å². The van der Waals surface area contributed by atoms with E-state index in [-0.39, 0.29) is 11.5 Å². The van der Waals surface area contributed by atoms with E-state index in [1.54, 1.807) is 42.0 Å². The lowest BCUT2D eigenvalue weighted by Crippen LogP contribution is -2.23. The molecule has 0 aliphatic heterocycles. The van der Waals surface area contributed by atoms with E-state index in [0.717, 1.165) is 0 Å². The molecule has 0 radical (unpaired) electrons. The fourth-order valence-electron chi connectivity index (χ4n) is 2.81. The number of carbonyl (C=O) groups is 1. The van der Waals surface area contributed by atoms with Crippen molar-refractivity contribution in [2.24, 2.45) is 7.05 Å². The number of aryl methyl sites for hydroxylation is 1. The smallest absolute Gasteiger partial charge is 0.262 e. The van der Waals surface area contributed by atoms with Gasteiger partial charge >= 0.3 is 0 Å². The number of anilines is 1. The average molecular weight is 410 g/mol. The summed E-state index contributed by atoms with van der Waals surface area (Å²) in [4.78, 5) is 25.1. The number of thioether (sulfide) groups is 1. The molecule has 4 rings (SSSR count). The van der Waals surface area contributed by atoms with Crippen molar-refractivity contribution in [1.82, 2.24) is 19.2 Å². The Bertz CT molecular complexity index is 1310. The van der Waals surface area contributed by atoms with Crippen LogP contribution < -0.4 is 10.9 Å². The maximum Gasteiger partial charge on any atom is 0.262 e. The molecular weight excluding hydrogens is 396 g/mol. The molecule has 1 amide bonds. The Balaban J connectivity index is 1.69. The van der Waals surface area contributed by atoms with E-state index in [1.165, 1.54) is 27.7 Å². The van der Waals surface area contributed by atoms with Crippen molar-refractivity contribution in [3.63, 3.8) is 0 Å². The Morgan fingerprint density at radius 1 is 1.32 bits per heavy atom. The quantitative estimate of drug-likeness (QED) is 0.519. The van der Waals surface area contributed by atoms with Gasteiger partial charge in [0.05, 0.1) is 21.7 Å². The topological polar surface area (TPSA) is 105 Å². The zero-order valence-electron chi connectivity index (χ0n) is 14.9. The maximum atomic E-state index is 12.6. The summed E-state index contributed by atoms with van der Waals surface area (Å²) in [6.45, 7) is 1.75. The molecule has 140 valence electrons. The standard InChI is InChI=1S/C18H14N6O2S2/c1-10(14(25)20-15-11(9-19)7-8-27-15)28-18-22-21-17-23(2)16(26)12-5-3-4-6-13(12)24(17)18/h3-8,10H,1-2H3,(H,20,25). The predicted octanol–water partition coefficient (Wildman–Crippen LogP) is 2.63. The second-order valence-corrected chi connectivity index (χ2v) is 8.25. The first-order valence-electron chi connectivity index (χ1n) is 8.29. The van der Waals surface area contributed by atoms with E-state index in [9.17, 15) is 9.59 Å². The molecule has 0 aliphatic carbocycles. The molecule has 0 bridgehead atoms. The molecule has 28 heavy (non-hydrogen) atoms. The minimum Gasteiger partial charge on any atom is -0.316 e. The van der Waals surface area contributed by atoms with Crippen molar-refractivity contribution < 1.29 is 4.79 Å². The average Bonchev–Trinajstić information content (AvgIpc) is 3.33. The lowest BCUT2D eigenvalue weighted by atomic mass is 10.2. The number of rotatable bonds is 4. The molecular formula is C18H14N6O2S2. The Morgan fingerprint density at radius 3 is 2.89 bits per heavy atom. The van der Waals surface area contributed by atoms with Crippen molar-refractivity contribution in [3.05, 3.63) is 51.6 Å². The lowest BCUT2D eigenvalue weighted by molar-refractivity contribution is -0.115. The van der Waals surface area contributed by atoms with Crippen LogP contribution in [0.5, 0.6) is 0 Å². The van der Waals surface area contributed by atoms with Crippen LogP contribution in [0, 0.1) is 11.3 Å². The molecule has 1 unspecified atom stereocenters. The number of thiophene rings is 1. The number of carbonyl (C=O) groups excluding carboxylic acids is 1. The highest BCUT2D eigenvalue weighted by atomic mass is 32.2. The number of para-hydroxylation sites is 1. The highest BCUT2D eigenvalue weighted by molar-refractivity contribution is 8.00. The van der Waals surface area contributed by atoms with E-state index in [0.29, 0.717) is 32.4 Å². The number of benzene rings is 1. The molecule has 0 spiro atoms. The molecule has 0 saturated heterocycles. The largest absolute Gasteiger partial charge is 0.316 e. The van der Waals surface area contributed by atoms with Crippen molar-refractivity contribution in [2.45, 2.75) is 17.3 Å². The van der Waals surface area contributed by atoms with Crippen LogP contribution in [0.1, 0.15) is 12.5 Å². The van der Waals surface area contributed by atoms with E-state index >= 15 is 0 Å². The molecule has 1 N–H and O–H groups in total. The normalized spacial score (nSPS) is 12.2. The fraction of sp³-hybridized carbons (Fsp3) is 0.167. The van der Waals surface area contributed by atoms with Crippen LogP contribution in [-0.4, -0.2) is 30.3 Å². The predicted molar refractivity (Wildman–Crippen MR) is 109 cm³/mol. The van der Waals surface area contributed by atoms with Crippen LogP contribution in [0.4, 0.5) is 5.00 Å². The number of hydrogen-bond donors (Lipinski definition) is 1. The molecule has 1 aromatic carbocycles. The summed E-state index contributed by atoms with van der Waals surface area (Å²) >= 11 is 2.54. The van der Waals surface area contributed by atoms with Crippen molar-refractivity contribution in [2.75, 3.05) is 5.32 Å². The van der Waals surface area contributed by atoms with Crippen LogP contribution >= 0.6 is 23.1 Å². The lowest BCUT2D eigenvalue weighted by Gasteiger charge is -2.11. The minimum atomic E-state index is -0.489. The molecule has 10 heteroatoms. The highest BCUT2D eigenvalue weighted by Gasteiger charge is 2.21. The van der Waals surface area contributed by atoms with Crippen molar-refractivity contribution in [3.8, 4) is 6.07 Å². The third-order valence-corrected chi connectivity index (χ3v) is 6.14. The van der Waals surface area contributed by atoms with Gasteiger partial charge in [-0.3, -0.25) is 18.6 Å². The van der Waals surface area contributed by atoms with Crippen LogP contribution in [0.25, 0.3) is 16.7 Å². The van der Waals surface area contributed by atoms with Crippen LogP contribution in [0.15, 0.2) is 45.7 Å². The van der Waals surface area contributed by atoms with Crippen molar-refractivity contribution in [1.29, 1.82) is 5.26 Å². The van der Waals surface area contributed by atoms with E-state index < -0.39 is 5.25 Å². The number of fused-ring (bicyclic) bond motifs is 3. The SMILES string of the molecule is CC(Sc1nnc2n(C)c(=O)c3ccccc3n12)C(=O)Nc1sccc1C#N. The molecule has 0 fully saturated rings. The molecule has 4 aromatic rings. The number of amides is 1. The monoisotopic (exact) mass is 410 g/mol. The summed E-state index contributed by atoms with van der Waals surface area (Å²) in [7, 11) is 1.64. The van der Waals surface area contributed by atoms with Gasteiger partial charge in [0.25, 0.3) is 5.56 Å². The molecule has 1 atom stereocenters. The number of hydrogen-bond acceptors (Lipinski definition) is 7. The number of aromatic nitrogens is 4. The summed E-state index contributed by atoms with van der Waals surface area (Å²) < 4.78 is 3.21. The second-order valence-electron chi connectivity index (χ2n) is 6.02. The van der Waals surface area contributed by atoms with Gasteiger partial charge in [0.2, 0.25) is 11.7 Å².